The van der Waals surface area contributed by atoms with Gasteiger partial charge in [-0.1, -0.05) is 30.3 Å². The molecule has 3 heteroatoms. The quantitative estimate of drug-likeness (QED) is 0.834. The van der Waals surface area contributed by atoms with Gasteiger partial charge in [-0.15, -0.1) is 0 Å². The molecule has 0 spiro atoms. The van der Waals surface area contributed by atoms with E-state index in [0.29, 0.717) is 17.8 Å². The van der Waals surface area contributed by atoms with Gasteiger partial charge in [-0.25, -0.2) is 0 Å². The van der Waals surface area contributed by atoms with Gasteiger partial charge in [0.2, 0.25) is 6.41 Å². The first-order valence-corrected chi connectivity index (χ1v) is 5.70. The number of hydrogen-bond acceptors (Lipinski definition) is 2. The molecule has 0 saturated carbocycles. The number of nitrogens with one attached hydrogen (secondary N) is 1. The van der Waals surface area contributed by atoms with Gasteiger partial charge in [0.1, 0.15) is 5.75 Å². The summed E-state index contributed by atoms with van der Waals surface area (Å²) in [5, 5.41) is 2.64. The zero-order chi connectivity index (χ0) is 13.0. The molecular formula is C15H15NO2. The van der Waals surface area contributed by atoms with Gasteiger partial charge >= 0.3 is 0 Å². The zero-order valence-electron chi connectivity index (χ0n) is 10.4. The number of amides is 1. The number of rotatable bonds is 4. The van der Waals surface area contributed by atoms with Crippen LogP contribution in [0.15, 0.2) is 42.5 Å². The Hall–Kier alpha value is -2.29. The second-order valence-corrected chi connectivity index (χ2v) is 4.00. The molecule has 0 atom stereocenters. The second-order valence-electron chi connectivity index (χ2n) is 4.00. The van der Waals surface area contributed by atoms with Crippen molar-refractivity contribution in [3.05, 3.63) is 48.0 Å². The lowest BCUT2D eigenvalue weighted by Gasteiger charge is -2.13. The fraction of sp³-hybridized carbons (Fsp3) is 0.133. The third kappa shape index (κ3) is 2.35. The third-order valence-corrected chi connectivity index (χ3v) is 2.85. The molecule has 92 valence electrons. The van der Waals surface area contributed by atoms with Crippen molar-refractivity contribution in [1.29, 1.82) is 0 Å². The van der Waals surface area contributed by atoms with Crippen LogP contribution in [0.3, 0.4) is 0 Å². The van der Waals surface area contributed by atoms with Crippen LogP contribution >= 0.6 is 0 Å². The topological polar surface area (TPSA) is 38.3 Å². The van der Waals surface area contributed by atoms with E-state index in [4.69, 9.17) is 4.74 Å². The fourth-order valence-electron chi connectivity index (χ4n) is 1.96. The summed E-state index contributed by atoms with van der Waals surface area (Å²) >= 11 is 0. The summed E-state index contributed by atoms with van der Waals surface area (Å²) in [4.78, 5) is 10.5. The maximum Gasteiger partial charge on any atom is 0.211 e. The molecule has 0 aliphatic heterocycles. The van der Waals surface area contributed by atoms with Crippen molar-refractivity contribution in [3.8, 4) is 16.9 Å². The molecule has 0 aliphatic rings. The number of carbonyl (C=O) groups excluding carboxylic acids is 1. The van der Waals surface area contributed by atoms with E-state index >= 15 is 0 Å². The van der Waals surface area contributed by atoms with Gasteiger partial charge < -0.3 is 10.1 Å². The molecule has 18 heavy (non-hydrogen) atoms. The third-order valence-electron chi connectivity index (χ3n) is 2.85. The van der Waals surface area contributed by atoms with Crippen LogP contribution in [0.25, 0.3) is 11.1 Å². The summed E-state index contributed by atoms with van der Waals surface area (Å²) in [6.07, 6.45) is 0.652. The minimum atomic E-state index is 0.652. The Kier molecular flexibility index (Phi) is 3.63. The Morgan fingerprint density at radius 1 is 1.17 bits per heavy atom. The molecule has 0 saturated heterocycles. The van der Waals surface area contributed by atoms with E-state index in [0.717, 1.165) is 16.7 Å². The van der Waals surface area contributed by atoms with Gasteiger partial charge in [0.05, 0.1) is 12.8 Å². The molecule has 1 amide bonds. The number of carbonyl (C=O) groups is 1. The van der Waals surface area contributed by atoms with Crippen molar-refractivity contribution in [2.45, 2.75) is 6.92 Å². The van der Waals surface area contributed by atoms with E-state index in [1.165, 1.54) is 0 Å². The highest BCUT2D eigenvalue weighted by molar-refractivity contribution is 5.80. The summed E-state index contributed by atoms with van der Waals surface area (Å²) in [5.74, 6) is 0.659. The molecule has 0 bridgehead atoms. The van der Waals surface area contributed by atoms with Gasteiger partial charge in [0.15, 0.2) is 0 Å². The summed E-state index contributed by atoms with van der Waals surface area (Å²) in [6.45, 7) is 2.01. The van der Waals surface area contributed by atoms with Crippen molar-refractivity contribution in [2.24, 2.45) is 0 Å². The highest BCUT2D eigenvalue weighted by Crippen LogP contribution is 2.33. The minimum Gasteiger partial charge on any atom is -0.495 e. The lowest BCUT2D eigenvalue weighted by Crippen LogP contribution is -1.99. The Labute approximate surface area is 106 Å². The highest BCUT2D eigenvalue weighted by atomic mass is 16.5. The maximum atomic E-state index is 10.5. The van der Waals surface area contributed by atoms with Gasteiger partial charge in [0.25, 0.3) is 0 Å². The molecule has 2 aromatic carbocycles. The average Bonchev–Trinajstić information content (AvgIpc) is 2.40. The first kappa shape index (κ1) is 12.2. The molecular weight excluding hydrogens is 226 g/mol. The molecule has 0 fully saturated rings. The van der Waals surface area contributed by atoms with Crippen LogP contribution in [0, 0.1) is 6.92 Å². The van der Waals surface area contributed by atoms with Crippen molar-refractivity contribution >= 4 is 12.1 Å². The van der Waals surface area contributed by atoms with E-state index < -0.39 is 0 Å². The first-order valence-electron chi connectivity index (χ1n) is 5.70. The molecule has 3 nitrogen and oxygen atoms in total. The summed E-state index contributed by atoms with van der Waals surface area (Å²) in [6, 6.07) is 13.9. The normalized spacial score (nSPS) is 9.89. The zero-order valence-corrected chi connectivity index (χ0v) is 10.4. The van der Waals surface area contributed by atoms with E-state index in [-0.39, 0.29) is 0 Å². The van der Waals surface area contributed by atoms with Crippen LogP contribution in [0.5, 0.6) is 5.75 Å². The van der Waals surface area contributed by atoms with Crippen LogP contribution in [0.2, 0.25) is 0 Å². The minimum absolute atomic E-state index is 0.652. The number of aryl methyl sites for hydroxylation is 1. The molecule has 0 aliphatic carbocycles. The fourth-order valence-corrected chi connectivity index (χ4v) is 1.96. The monoisotopic (exact) mass is 241 g/mol. The van der Waals surface area contributed by atoms with E-state index in [1.54, 1.807) is 7.11 Å². The lowest BCUT2D eigenvalue weighted by atomic mass is 9.99. The summed E-state index contributed by atoms with van der Waals surface area (Å²) in [7, 11) is 1.59. The molecule has 1 N–H and O–H groups in total. The molecule has 2 aromatic rings. The van der Waals surface area contributed by atoms with Crippen LogP contribution in [-0.4, -0.2) is 13.5 Å². The Balaban J connectivity index is 2.53. The lowest BCUT2D eigenvalue weighted by molar-refractivity contribution is -0.105. The number of anilines is 1. The standard InChI is InChI=1S/C15H15NO2/c1-11-8-14(16-10-17)15(18-2)9-13(11)12-6-4-3-5-7-12/h3-10H,1-2H3,(H,16,17). The first-order chi connectivity index (χ1) is 8.76. The van der Waals surface area contributed by atoms with Crippen LogP contribution in [0.1, 0.15) is 5.56 Å². The Morgan fingerprint density at radius 2 is 1.89 bits per heavy atom. The number of methoxy groups -OCH3 is 1. The molecule has 2 rings (SSSR count). The maximum absolute atomic E-state index is 10.5. The largest absolute Gasteiger partial charge is 0.495 e. The molecule has 0 unspecified atom stereocenters. The molecule has 0 heterocycles. The predicted octanol–water partition coefficient (Wildman–Crippen LogP) is 3.24. The summed E-state index contributed by atoms with van der Waals surface area (Å²) < 4.78 is 5.29. The van der Waals surface area contributed by atoms with Gasteiger partial charge in [-0.2, -0.15) is 0 Å². The van der Waals surface area contributed by atoms with Crippen molar-refractivity contribution in [1.82, 2.24) is 0 Å². The summed E-state index contributed by atoms with van der Waals surface area (Å²) in [5.41, 5.74) is 4.01. The van der Waals surface area contributed by atoms with E-state index in [1.807, 2.05) is 37.3 Å². The van der Waals surface area contributed by atoms with Gasteiger partial charge in [0, 0.05) is 0 Å². The highest BCUT2D eigenvalue weighted by Gasteiger charge is 2.08. The van der Waals surface area contributed by atoms with Crippen LogP contribution < -0.4 is 10.1 Å². The molecule has 0 aromatic heterocycles. The number of ether oxygens (including phenoxy) is 1. The van der Waals surface area contributed by atoms with Gasteiger partial charge in [-0.3, -0.25) is 4.79 Å². The molecule has 0 radical (unpaired) electrons. The van der Waals surface area contributed by atoms with Gasteiger partial charge in [-0.05, 0) is 35.7 Å². The van der Waals surface area contributed by atoms with Crippen molar-refractivity contribution in [3.63, 3.8) is 0 Å². The number of benzene rings is 2. The Morgan fingerprint density at radius 3 is 2.50 bits per heavy atom. The Bertz CT molecular complexity index is 550. The van der Waals surface area contributed by atoms with Crippen LogP contribution in [-0.2, 0) is 4.79 Å². The van der Waals surface area contributed by atoms with E-state index in [9.17, 15) is 4.79 Å². The SMILES string of the molecule is COc1cc(-c2ccccc2)c(C)cc1NC=O. The average molecular weight is 241 g/mol. The van der Waals surface area contributed by atoms with Crippen LogP contribution in [0.4, 0.5) is 5.69 Å². The van der Waals surface area contributed by atoms with Crippen molar-refractivity contribution < 1.29 is 9.53 Å². The predicted molar refractivity (Wildman–Crippen MR) is 72.9 cm³/mol. The number of hydrogen-bond donors (Lipinski definition) is 1. The second kappa shape index (κ2) is 5.36. The van der Waals surface area contributed by atoms with Crippen molar-refractivity contribution in [2.75, 3.05) is 12.4 Å². The smallest absolute Gasteiger partial charge is 0.211 e. The van der Waals surface area contributed by atoms with E-state index in [2.05, 4.69) is 17.4 Å².